The van der Waals surface area contributed by atoms with Crippen molar-refractivity contribution in [1.29, 1.82) is 0 Å². The van der Waals surface area contributed by atoms with Crippen molar-refractivity contribution in [2.45, 2.75) is 51.9 Å². The van der Waals surface area contributed by atoms with Crippen molar-refractivity contribution in [3.05, 3.63) is 20.9 Å². The summed E-state index contributed by atoms with van der Waals surface area (Å²) < 4.78 is 0.877. The molecule has 0 aromatic carbocycles. The van der Waals surface area contributed by atoms with E-state index in [1.807, 2.05) is 0 Å². The second-order valence-electron chi connectivity index (χ2n) is 5.25. The molecule has 2 aromatic heterocycles. The molecule has 1 saturated carbocycles. The summed E-state index contributed by atoms with van der Waals surface area (Å²) in [6, 6.07) is 0. The van der Waals surface area contributed by atoms with Gasteiger partial charge in [-0.05, 0) is 32.3 Å². The Morgan fingerprint density at radius 3 is 2.67 bits per heavy atom. The minimum absolute atomic E-state index is 0.590. The van der Waals surface area contributed by atoms with Crippen molar-refractivity contribution in [2.75, 3.05) is 0 Å². The SMILES string of the molecule is Cc1sc2nc(C3CCCCC3)[nH]c(=S)c2c1C. The monoisotopic (exact) mass is 278 g/mol. The van der Waals surface area contributed by atoms with Crippen LogP contribution < -0.4 is 0 Å². The second kappa shape index (κ2) is 4.74. The molecule has 2 aromatic rings. The highest BCUT2D eigenvalue weighted by molar-refractivity contribution is 7.71. The summed E-state index contributed by atoms with van der Waals surface area (Å²) in [5.41, 5.74) is 1.29. The van der Waals surface area contributed by atoms with E-state index in [-0.39, 0.29) is 0 Å². The number of aromatic amines is 1. The van der Waals surface area contributed by atoms with E-state index in [1.165, 1.54) is 42.5 Å². The molecule has 4 heteroatoms. The van der Waals surface area contributed by atoms with Crippen LogP contribution in [-0.4, -0.2) is 9.97 Å². The lowest BCUT2D eigenvalue weighted by Crippen LogP contribution is -2.08. The number of aromatic nitrogens is 2. The van der Waals surface area contributed by atoms with Gasteiger partial charge in [-0.3, -0.25) is 0 Å². The van der Waals surface area contributed by atoms with Crippen LogP contribution in [0.2, 0.25) is 0 Å². The van der Waals surface area contributed by atoms with Crippen LogP contribution in [0.4, 0.5) is 0 Å². The van der Waals surface area contributed by atoms with Gasteiger partial charge in [-0.2, -0.15) is 0 Å². The standard InChI is InChI=1S/C14H18N2S2/c1-8-9(2)18-14-11(8)13(17)15-12(16-14)10-6-4-3-5-7-10/h10H,3-7H2,1-2H3,(H,15,16,17). The Morgan fingerprint density at radius 1 is 1.22 bits per heavy atom. The van der Waals surface area contributed by atoms with Crippen LogP contribution in [0.1, 0.15) is 54.3 Å². The van der Waals surface area contributed by atoms with E-state index in [0.717, 1.165) is 20.7 Å². The average Bonchev–Trinajstić information content (AvgIpc) is 2.66. The normalized spacial score (nSPS) is 17.4. The number of nitrogens with zero attached hydrogens (tertiary/aromatic N) is 1. The molecule has 96 valence electrons. The van der Waals surface area contributed by atoms with Gasteiger partial charge >= 0.3 is 0 Å². The van der Waals surface area contributed by atoms with Crippen LogP contribution in [0.25, 0.3) is 10.2 Å². The molecule has 1 fully saturated rings. The molecule has 0 aliphatic heterocycles. The van der Waals surface area contributed by atoms with Gasteiger partial charge in [-0.25, -0.2) is 4.98 Å². The molecule has 1 aliphatic carbocycles. The Balaban J connectivity index is 2.12. The van der Waals surface area contributed by atoms with Crippen LogP contribution in [0.3, 0.4) is 0 Å². The first-order valence-corrected chi connectivity index (χ1v) is 7.89. The maximum absolute atomic E-state index is 5.52. The molecule has 0 atom stereocenters. The Bertz CT molecular complexity index is 633. The lowest BCUT2D eigenvalue weighted by molar-refractivity contribution is 0.429. The lowest BCUT2D eigenvalue weighted by Gasteiger charge is -2.20. The summed E-state index contributed by atoms with van der Waals surface area (Å²) in [7, 11) is 0. The summed E-state index contributed by atoms with van der Waals surface area (Å²) >= 11 is 7.30. The van der Waals surface area contributed by atoms with Crippen molar-refractivity contribution in [3.8, 4) is 0 Å². The third-order valence-corrected chi connectivity index (χ3v) is 5.46. The molecule has 1 N–H and O–H groups in total. The predicted octanol–water partition coefficient (Wildman–Crippen LogP) is 5.02. The van der Waals surface area contributed by atoms with E-state index < -0.39 is 0 Å². The summed E-state index contributed by atoms with van der Waals surface area (Å²) in [5.74, 6) is 1.71. The van der Waals surface area contributed by atoms with Gasteiger partial charge in [0.25, 0.3) is 0 Å². The largest absolute Gasteiger partial charge is 0.334 e. The number of hydrogen-bond acceptors (Lipinski definition) is 3. The smallest absolute Gasteiger partial charge is 0.128 e. The molecule has 2 heterocycles. The minimum Gasteiger partial charge on any atom is -0.334 e. The maximum atomic E-state index is 5.52. The fourth-order valence-corrected chi connectivity index (χ4v) is 4.31. The van der Waals surface area contributed by atoms with E-state index >= 15 is 0 Å². The van der Waals surface area contributed by atoms with Gasteiger partial charge in [0.2, 0.25) is 0 Å². The molecule has 0 bridgehead atoms. The number of nitrogens with one attached hydrogen (secondary N) is 1. The number of aryl methyl sites for hydroxylation is 2. The van der Waals surface area contributed by atoms with E-state index in [0.29, 0.717) is 5.92 Å². The molecule has 2 nitrogen and oxygen atoms in total. The topological polar surface area (TPSA) is 28.7 Å². The first kappa shape index (κ1) is 12.3. The zero-order valence-electron chi connectivity index (χ0n) is 10.9. The van der Waals surface area contributed by atoms with Crippen LogP contribution >= 0.6 is 23.6 Å². The van der Waals surface area contributed by atoms with Crippen molar-refractivity contribution in [3.63, 3.8) is 0 Å². The highest BCUT2D eigenvalue weighted by Gasteiger charge is 2.19. The predicted molar refractivity (Wildman–Crippen MR) is 80.1 cm³/mol. The number of H-pyrrole nitrogens is 1. The van der Waals surface area contributed by atoms with Crippen molar-refractivity contribution < 1.29 is 0 Å². The molecule has 0 spiro atoms. The van der Waals surface area contributed by atoms with Crippen LogP contribution in [-0.2, 0) is 0 Å². The molecule has 1 aliphatic rings. The highest BCUT2D eigenvalue weighted by Crippen LogP contribution is 2.34. The van der Waals surface area contributed by atoms with Crippen molar-refractivity contribution >= 4 is 33.8 Å². The fourth-order valence-electron chi connectivity index (χ4n) is 2.84. The van der Waals surface area contributed by atoms with Crippen molar-refractivity contribution in [1.82, 2.24) is 9.97 Å². The van der Waals surface area contributed by atoms with Gasteiger partial charge < -0.3 is 4.98 Å². The number of hydrogen-bond donors (Lipinski definition) is 1. The van der Waals surface area contributed by atoms with Gasteiger partial charge in [0.15, 0.2) is 0 Å². The summed E-state index contributed by atoms with van der Waals surface area (Å²) in [5, 5.41) is 1.16. The van der Waals surface area contributed by atoms with Gasteiger partial charge in [0.1, 0.15) is 15.3 Å². The van der Waals surface area contributed by atoms with E-state index in [1.54, 1.807) is 11.3 Å². The molecule has 0 unspecified atom stereocenters. The van der Waals surface area contributed by atoms with E-state index in [9.17, 15) is 0 Å². The van der Waals surface area contributed by atoms with Gasteiger partial charge in [0.05, 0.1) is 0 Å². The fraction of sp³-hybridized carbons (Fsp3) is 0.571. The quantitative estimate of drug-likeness (QED) is 0.742. The zero-order chi connectivity index (χ0) is 12.7. The van der Waals surface area contributed by atoms with Crippen LogP contribution in [0.15, 0.2) is 0 Å². The van der Waals surface area contributed by atoms with Crippen LogP contribution in [0.5, 0.6) is 0 Å². The third kappa shape index (κ3) is 2.01. The van der Waals surface area contributed by atoms with Gasteiger partial charge in [-0.15, -0.1) is 11.3 Å². The zero-order valence-corrected chi connectivity index (χ0v) is 12.5. The van der Waals surface area contributed by atoms with Crippen molar-refractivity contribution in [2.24, 2.45) is 0 Å². The second-order valence-corrected chi connectivity index (χ2v) is 6.86. The lowest BCUT2D eigenvalue weighted by atomic mass is 9.89. The number of thiophene rings is 1. The molecule has 18 heavy (non-hydrogen) atoms. The Kier molecular flexibility index (Phi) is 3.24. The Hall–Kier alpha value is -0.740. The van der Waals surface area contributed by atoms with E-state index in [4.69, 9.17) is 17.2 Å². The summed E-state index contributed by atoms with van der Waals surface area (Å²) in [6.45, 7) is 4.29. The van der Waals surface area contributed by atoms with E-state index in [2.05, 4.69) is 18.8 Å². The number of fused-ring (bicyclic) bond motifs is 1. The summed E-state index contributed by atoms with van der Waals surface area (Å²) in [6.07, 6.45) is 6.54. The molecule has 0 amide bonds. The average molecular weight is 278 g/mol. The summed E-state index contributed by atoms with van der Waals surface area (Å²) in [4.78, 5) is 10.7. The first-order valence-electron chi connectivity index (χ1n) is 6.66. The van der Waals surface area contributed by atoms with Gasteiger partial charge in [0, 0.05) is 16.2 Å². The maximum Gasteiger partial charge on any atom is 0.128 e. The number of rotatable bonds is 1. The molecular weight excluding hydrogens is 260 g/mol. The first-order chi connectivity index (χ1) is 8.66. The molecule has 0 saturated heterocycles. The molecular formula is C14H18N2S2. The minimum atomic E-state index is 0.590. The molecule has 3 rings (SSSR count). The van der Waals surface area contributed by atoms with Gasteiger partial charge in [-0.1, -0.05) is 31.5 Å². The Morgan fingerprint density at radius 2 is 1.94 bits per heavy atom. The highest BCUT2D eigenvalue weighted by atomic mass is 32.1. The van der Waals surface area contributed by atoms with Crippen LogP contribution in [0, 0.1) is 18.5 Å². The Labute approximate surface area is 116 Å². The molecule has 0 radical (unpaired) electrons. The third-order valence-electron chi connectivity index (χ3n) is 4.05.